The average molecular weight is 703 g/mol. The van der Waals surface area contributed by atoms with Crippen molar-refractivity contribution in [3.05, 3.63) is 96.2 Å². The second-order valence-corrected chi connectivity index (χ2v) is 14.3. The maximum Gasteiger partial charge on any atom is 0.412 e. The Morgan fingerprint density at radius 1 is 0.860 bits per heavy atom. The van der Waals surface area contributed by atoms with Crippen molar-refractivity contribution in [1.29, 1.82) is 0 Å². The lowest BCUT2D eigenvalue weighted by atomic mass is 9.87. The fourth-order valence-electron chi connectivity index (χ4n) is 5.31. The van der Waals surface area contributed by atoms with Crippen LogP contribution in [0.5, 0.6) is 23.0 Å². The molecular formula is C37H42N4O8S. The van der Waals surface area contributed by atoms with Crippen LogP contribution in [0.3, 0.4) is 0 Å². The van der Waals surface area contributed by atoms with Crippen molar-refractivity contribution in [2.45, 2.75) is 50.3 Å². The maximum atomic E-state index is 13.9. The SMILES string of the molecule is COc1ccccc1Oc1c(NS(=O)(=O)c2ccc(C(C)(C)C)cc2)cc(C(=O)N2CCCCC2)cc1OCCOC(=O)Nc1ccccn1. The molecule has 12 nitrogen and oxygen atoms in total. The molecule has 1 aliphatic rings. The number of hydrogen-bond acceptors (Lipinski definition) is 9. The first-order chi connectivity index (χ1) is 23.9. The number of carbonyl (C=O) groups excluding carboxylic acids is 2. The third-order valence-electron chi connectivity index (χ3n) is 7.97. The van der Waals surface area contributed by atoms with Gasteiger partial charge >= 0.3 is 6.09 Å². The van der Waals surface area contributed by atoms with Gasteiger partial charge in [-0.05, 0) is 78.8 Å². The van der Waals surface area contributed by atoms with E-state index in [1.165, 1.54) is 37.6 Å². The normalized spacial score (nSPS) is 13.2. The number of pyridine rings is 1. The lowest BCUT2D eigenvalue weighted by Gasteiger charge is -2.27. The molecule has 0 radical (unpaired) electrons. The number of carbonyl (C=O) groups is 2. The van der Waals surface area contributed by atoms with Crippen LogP contribution in [0.15, 0.2) is 90.0 Å². The van der Waals surface area contributed by atoms with Crippen LogP contribution in [0.25, 0.3) is 0 Å². The van der Waals surface area contributed by atoms with E-state index < -0.39 is 16.1 Å². The highest BCUT2D eigenvalue weighted by molar-refractivity contribution is 7.92. The molecule has 2 amide bonds. The number of methoxy groups -OCH3 is 1. The number of amides is 2. The van der Waals surface area contributed by atoms with E-state index in [1.54, 1.807) is 59.5 Å². The highest BCUT2D eigenvalue weighted by atomic mass is 32.2. The number of para-hydroxylation sites is 2. The summed E-state index contributed by atoms with van der Waals surface area (Å²) in [6.45, 7) is 6.95. The Labute approximate surface area is 292 Å². The minimum absolute atomic E-state index is 0.0162. The molecule has 2 heterocycles. The quantitative estimate of drug-likeness (QED) is 0.146. The summed E-state index contributed by atoms with van der Waals surface area (Å²) in [5.41, 5.74) is 0.965. The standard InChI is InChI=1S/C37H42N4O8S/c1-37(2,3)27-15-17-28(18-16-27)50(44,45)40-29-24-26(35(42)41-20-10-5-11-21-41)25-32(34(29)49-31-13-7-6-12-30(31)46-4)47-22-23-48-36(43)39-33-14-8-9-19-38-33/h6-9,12-19,24-25,40H,5,10-11,20-23H2,1-4H3,(H,38,39,43). The molecule has 2 N–H and O–H groups in total. The number of sulfonamides is 1. The summed E-state index contributed by atoms with van der Waals surface area (Å²) >= 11 is 0. The van der Waals surface area contributed by atoms with Gasteiger partial charge < -0.3 is 23.8 Å². The van der Waals surface area contributed by atoms with E-state index in [0.717, 1.165) is 24.8 Å². The van der Waals surface area contributed by atoms with Gasteiger partial charge in [-0.3, -0.25) is 14.8 Å². The average Bonchev–Trinajstić information content (AvgIpc) is 3.11. The zero-order chi connectivity index (χ0) is 35.7. The number of likely N-dealkylation sites (tertiary alicyclic amines) is 1. The number of nitrogens with one attached hydrogen (secondary N) is 2. The number of rotatable bonds is 12. The van der Waals surface area contributed by atoms with Gasteiger partial charge in [-0.2, -0.15) is 0 Å². The zero-order valence-corrected chi connectivity index (χ0v) is 29.4. The molecule has 0 bridgehead atoms. The van der Waals surface area contributed by atoms with Crippen LogP contribution in [-0.2, 0) is 20.2 Å². The lowest BCUT2D eigenvalue weighted by Crippen LogP contribution is -2.35. The topological polar surface area (TPSA) is 145 Å². The molecular weight excluding hydrogens is 660 g/mol. The molecule has 0 saturated carbocycles. The summed E-state index contributed by atoms with van der Waals surface area (Å²) in [6.07, 6.45) is 3.56. The van der Waals surface area contributed by atoms with Gasteiger partial charge in [-0.15, -0.1) is 0 Å². The Kier molecular flexibility index (Phi) is 11.5. The lowest BCUT2D eigenvalue weighted by molar-refractivity contribution is 0.0723. The first-order valence-corrected chi connectivity index (χ1v) is 17.8. The Bertz CT molecular complexity index is 1890. The van der Waals surface area contributed by atoms with Crippen molar-refractivity contribution in [2.24, 2.45) is 0 Å². The van der Waals surface area contributed by atoms with Crippen molar-refractivity contribution < 1.29 is 37.0 Å². The summed E-state index contributed by atoms with van der Waals surface area (Å²) in [6, 6.07) is 21.5. The van der Waals surface area contributed by atoms with Gasteiger partial charge in [0.1, 0.15) is 19.0 Å². The monoisotopic (exact) mass is 702 g/mol. The van der Waals surface area contributed by atoms with Crippen molar-refractivity contribution in [3.63, 3.8) is 0 Å². The Balaban J connectivity index is 1.51. The van der Waals surface area contributed by atoms with E-state index in [2.05, 4.69) is 15.0 Å². The van der Waals surface area contributed by atoms with Crippen molar-refractivity contribution >= 4 is 33.5 Å². The summed E-state index contributed by atoms with van der Waals surface area (Å²) in [5, 5.41) is 2.53. The van der Waals surface area contributed by atoms with Gasteiger partial charge in [0.2, 0.25) is 0 Å². The van der Waals surface area contributed by atoms with Crippen molar-refractivity contribution in [1.82, 2.24) is 9.88 Å². The zero-order valence-electron chi connectivity index (χ0n) is 28.6. The van der Waals surface area contributed by atoms with Crippen LogP contribution in [-0.4, -0.2) is 63.7 Å². The van der Waals surface area contributed by atoms with Crippen LogP contribution in [0.1, 0.15) is 56.0 Å². The third-order valence-corrected chi connectivity index (χ3v) is 9.35. The highest BCUT2D eigenvalue weighted by Crippen LogP contribution is 2.43. The van der Waals surface area contributed by atoms with Crippen LogP contribution >= 0.6 is 0 Å². The van der Waals surface area contributed by atoms with Crippen molar-refractivity contribution in [2.75, 3.05) is 43.5 Å². The van der Waals surface area contributed by atoms with Gasteiger partial charge in [0.25, 0.3) is 15.9 Å². The fourth-order valence-corrected chi connectivity index (χ4v) is 6.36. The number of aromatic nitrogens is 1. The number of anilines is 2. The van der Waals surface area contributed by atoms with Crippen molar-refractivity contribution in [3.8, 4) is 23.0 Å². The first-order valence-electron chi connectivity index (χ1n) is 16.3. The van der Waals surface area contributed by atoms with E-state index in [0.29, 0.717) is 24.7 Å². The van der Waals surface area contributed by atoms with E-state index in [4.69, 9.17) is 18.9 Å². The van der Waals surface area contributed by atoms with Gasteiger partial charge in [0, 0.05) is 24.8 Å². The number of benzene rings is 3. The minimum atomic E-state index is -4.18. The molecule has 264 valence electrons. The minimum Gasteiger partial charge on any atom is -0.493 e. The molecule has 0 spiro atoms. The van der Waals surface area contributed by atoms with Crippen LogP contribution < -0.4 is 24.2 Å². The van der Waals surface area contributed by atoms with Crippen LogP contribution in [0.2, 0.25) is 0 Å². The number of piperidine rings is 1. The van der Waals surface area contributed by atoms with E-state index >= 15 is 0 Å². The molecule has 5 rings (SSSR count). The Morgan fingerprint density at radius 3 is 2.22 bits per heavy atom. The smallest absolute Gasteiger partial charge is 0.412 e. The molecule has 0 unspecified atom stereocenters. The third kappa shape index (κ3) is 9.23. The number of nitrogens with zero attached hydrogens (tertiary/aromatic N) is 2. The summed E-state index contributed by atoms with van der Waals surface area (Å²) in [4.78, 5) is 31.9. The number of hydrogen-bond donors (Lipinski definition) is 2. The van der Waals surface area contributed by atoms with E-state index in [1.807, 2.05) is 20.8 Å². The highest BCUT2D eigenvalue weighted by Gasteiger charge is 2.27. The molecule has 0 atom stereocenters. The Hall–Kier alpha value is -5.30. The molecule has 4 aromatic rings. The second-order valence-electron chi connectivity index (χ2n) is 12.7. The van der Waals surface area contributed by atoms with Gasteiger partial charge in [-0.1, -0.05) is 51.1 Å². The molecule has 1 saturated heterocycles. The van der Waals surface area contributed by atoms with Gasteiger partial charge in [0.05, 0.1) is 17.7 Å². The molecule has 50 heavy (non-hydrogen) atoms. The van der Waals surface area contributed by atoms with Gasteiger partial charge in [-0.25, -0.2) is 18.2 Å². The predicted octanol–water partition coefficient (Wildman–Crippen LogP) is 7.23. The molecule has 1 fully saturated rings. The second kappa shape index (κ2) is 15.9. The van der Waals surface area contributed by atoms with E-state index in [9.17, 15) is 18.0 Å². The fraction of sp³-hybridized carbons (Fsp3) is 0.324. The van der Waals surface area contributed by atoms with Crippen LogP contribution in [0.4, 0.5) is 16.3 Å². The predicted molar refractivity (Wildman–Crippen MR) is 190 cm³/mol. The molecule has 3 aromatic carbocycles. The largest absolute Gasteiger partial charge is 0.493 e. The maximum absolute atomic E-state index is 13.9. The number of ether oxygens (including phenoxy) is 4. The molecule has 1 aromatic heterocycles. The summed E-state index contributed by atoms with van der Waals surface area (Å²) in [7, 11) is -2.70. The summed E-state index contributed by atoms with van der Waals surface area (Å²) in [5.74, 6) is 0.730. The molecule has 0 aliphatic carbocycles. The molecule has 13 heteroatoms. The van der Waals surface area contributed by atoms with Gasteiger partial charge in [0.15, 0.2) is 23.0 Å². The molecule has 1 aliphatic heterocycles. The Morgan fingerprint density at radius 2 is 1.56 bits per heavy atom. The summed E-state index contributed by atoms with van der Waals surface area (Å²) < 4.78 is 53.6. The first kappa shape index (κ1) is 36.0. The van der Waals surface area contributed by atoms with Crippen LogP contribution in [0, 0.1) is 0 Å². The van der Waals surface area contributed by atoms with E-state index in [-0.39, 0.29) is 57.9 Å².